The van der Waals surface area contributed by atoms with Gasteiger partial charge in [-0.25, -0.2) is 0 Å². The molecule has 0 aliphatic heterocycles. The molecule has 0 amide bonds. The summed E-state index contributed by atoms with van der Waals surface area (Å²) < 4.78 is 20.5. The average Bonchev–Trinajstić information content (AvgIpc) is 2.70. The lowest BCUT2D eigenvalue weighted by atomic mass is 10.2. The Morgan fingerprint density at radius 3 is 2.74 bits per heavy atom. The number of rotatable bonds is 6. The van der Waals surface area contributed by atoms with Crippen LogP contribution in [-0.4, -0.2) is 16.5 Å². The second kappa shape index (κ2) is 6.70. The fraction of sp³-hybridized carbons (Fsp3) is 0.357. The van der Waals surface area contributed by atoms with Gasteiger partial charge in [0.2, 0.25) is 0 Å². The molecule has 5 heteroatoms. The van der Waals surface area contributed by atoms with Crippen LogP contribution in [0.2, 0.25) is 0 Å². The largest absolute Gasteiger partial charge is 0.484 e. The molecule has 2 rings (SSSR count). The van der Waals surface area contributed by atoms with E-state index in [0.29, 0.717) is 19.6 Å². The second-order valence-electron chi connectivity index (χ2n) is 4.25. The van der Waals surface area contributed by atoms with Crippen LogP contribution < -0.4 is 4.74 Å². The van der Waals surface area contributed by atoms with Crippen molar-refractivity contribution in [1.29, 1.82) is 0 Å². The highest BCUT2D eigenvalue weighted by Gasteiger charge is 2.14. The number of aryl methyl sites for hydroxylation is 2. The summed E-state index contributed by atoms with van der Waals surface area (Å²) >= 11 is 3.46. The number of alkyl halides is 1. The van der Waals surface area contributed by atoms with E-state index < -0.39 is 0 Å². The van der Waals surface area contributed by atoms with Gasteiger partial charge in [0, 0.05) is 6.54 Å². The summed E-state index contributed by atoms with van der Waals surface area (Å²) in [5.41, 5.74) is 1.91. The molecule has 1 heterocycles. The zero-order chi connectivity index (χ0) is 13.7. The molecule has 19 heavy (non-hydrogen) atoms. The van der Waals surface area contributed by atoms with Crippen molar-refractivity contribution in [2.75, 3.05) is 6.67 Å². The third-order valence-electron chi connectivity index (χ3n) is 2.74. The molecule has 0 saturated heterocycles. The van der Waals surface area contributed by atoms with E-state index in [9.17, 15) is 4.39 Å². The van der Waals surface area contributed by atoms with Crippen LogP contribution in [0.15, 0.2) is 34.9 Å². The summed E-state index contributed by atoms with van der Waals surface area (Å²) in [6.07, 6.45) is 0.456. The molecular weight excluding hydrogens is 311 g/mol. The molecule has 2 aromatic rings. The van der Waals surface area contributed by atoms with Gasteiger partial charge in [-0.1, -0.05) is 30.3 Å². The Balaban J connectivity index is 2.06. The number of halogens is 2. The van der Waals surface area contributed by atoms with Crippen molar-refractivity contribution in [1.82, 2.24) is 9.78 Å². The molecule has 0 atom stereocenters. The zero-order valence-electron chi connectivity index (χ0n) is 10.8. The van der Waals surface area contributed by atoms with E-state index in [1.165, 1.54) is 0 Å². The molecule has 0 saturated carbocycles. The van der Waals surface area contributed by atoms with Crippen LogP contribution in [0.5, 0.6) is 5.75 Å². The van der Waals surface area contributed by atoms with Crippen molar-refractivity contribution in [3.05, 3.63) is 46.2 Å². The van der Waals surface area contributed by atoms with Gasteiger partial charge < -0.3 is 4.74 Å². The number of ether oxygens (including phenoxy) is 1. The lowest BCUT2D eigenvalue weighted by Crippen LogP contribution is -2.01. The number of benzene rings is 1. The minimum absolute atomic E-state index is 0.342. The Labute approximate surface area is 120 Å². The van der Waals surface area contributed by atoms with Crippen molar-refractivity contribution in [3.63, 3.8) is 0 Å². The van der Waals surface area contributed by atoms with Gasteiger partial charge in [0.25, 0.3) is 0 Å². The molecule has 0 bridgehead atoms. The Morgan fingerprint density at radius 1 is 1.32 bits per heavy atom. The molecule has 0 spiro atoms. The fourth-order valence-corrected chi connectivity index (χ4v) is 2.45. The number of nitrogens with zero attached hydrogens (tertiary/aromatic N) is 2. The predicted octanol–water partition coefficient (Wildman–Crippen LogP) is 3.89. The van der Waals surface area contributed by atoms with Crippen LogP contribution >= 0.6 is 15.9 Å². The summed E-state index contributed by atoms with van der Waals surface area (Å²) in [6, 6.07) is 9.95. The maximum absolute atomic E-state index is 12.2. The van der Waals surface area contributed by atoms with E-state index in [1.54, 1.807) is 4.68 Å². The van der Waals surface area contributed by atoms with Crippen molar-refractivity contribution in [2.45, 2.75) is 26.5 Å². The van der Waals surface area contributed by atoms with Crippen LogP contribution in [0.4, 0.5) is 4.39 Å². The van der Waals surface area contributed by atoms with Gasteiger partial charge in [0.15, 0.2) is 5.75 Å². The maximum Gasteiger partial charge on any atom is 0.175 e. The zero-order valence-corrected chi connectivity index (χ0v) is 12.4. The molecular formula is C14H16BrFN2O. The monoisotopic (exact) mass is 326 g/mol. The topological polar surface area (TPSA) is 27.1 Å². The lowest BCUT2D eigenvalue weighted by molar-refractivity contribution is 0.301. The Bertz CT molecular complexity index is 528. The number of hydrogen-bond acceptors (Lipinski definition) is 2. The molecule has 1 aromatic heterocycles. The molecule has 3 nitrogen and oxygen atoms in total. The van der Waals surface area contributed by atoms with E-state index in [2.05, 4.69) is 21.0 Å². The van der Waals surface area contributed by atoms with Gasteiger partial charge in [-0.3, -0.25) is 9.07 Å². The minimum Gasteiger partial charge on any atom is -0.484 e. The minimum atomic E-state index is -0.342. The van der Waals surface area contributed by atoms with Crippen LogP contribution in [0, 0.1) is 6.92 Å². The predicted molar refractivity (Wildman–Crippen MR) is 76.0 cm³/mol. The molecule has 0 fully saturated rings. The fourth-order valence-electron chi connectivity index (χ4n) is 1.79. The highest BCUT2D eigenvalue weighted by atomic mass is 79.9. The average molecular weight is 327 g/mol. The molecule has 1 aromatic carbocycles. The summed E-state index contributed by atoms with van der Waals surface area (Å²) in [5.74, 6) is 0.725. The molecule has 0 N–H and O–H groups in total. The van der Waals surface area contributed by atoms with Gasteiger partial charge in [0.1, 0.15) is 16.9 Å². The van der Waals surface area contributed by atoms with Gasteiger partial charge in [0.05, 0.1) is 6.67 Å². The van der Waals surface area contributed by atoms with Gasteiger partial charge in [-0.15, -0.1) is 0 Å². The highest BCUT2D eigenvalue weighted by Crippen LogP contribution is 2.29. The lowest BCUT2D eigenvalue weighted by Gasteiger charge is -2.06. The first-order valence-electron chi connectivity index (χ1n) is 6.18. The van der Waals surface area contributed by atoms with Gasteiger partial charge >= 0.3 is 0 Å². The second-order valence-corrected chi connectivity index (χ2v) is 5.00. The van der Waals surface area contributed by atoms with Crippen LogP contribution in [0.1, 0.15) is 17.7 Å². The molecule has 102 valence electrons. The van der Waals surface area contributed by atoms with Crippen molar-refractivity contribution >= 4 is 15.9 Å². The normalized spacial score (nSPS) is 10.7. The van der Waals surface area contributed by atoms with E-state index in [4.69, 9.17) is 4.74 Å². The van der Waals surface area contributed by atoms with Crippen molar-refractivity contribution in [3.8, 4) is 5.75 Å². The van der Waals surface area contributed by atoms with Crippen LogP contribution in [0.3, 0.4) is 0 Å². The maximum atomic E-state index is 12.2. The first kappa shape index (κ1) is 14.1. The van der Waals surface area contributed by atoms with Crippen LogP contribution in [0.25, 0.3) is 0 Å². The summed E-state index contributed by atoms with van der Waals surface area (Å²) in [4.78, 5) is 0. The SMILES string of the molecule is Cc1nn(CCCF)c(Br)c1OCc1ccccc1. The first-order valence-corrected chi connectivity index (χ1v) is 6.97. The van der Waals surface area contributed by atoms with Crippen LogP contribution in [-0.2, 0) is 13.2 Å². The van der Waals surface area contributed by atoms with Gasteiger partial charge in [-0.2, -0.15) is 5.10 Å². The van der Waals surface area contributed by atoms with Crippen molar-refractivity contribution in [2.24, 2.45) is 0 Å². The Kier molecular flexibility index (Phi) is 4.96. The smallest absolute Gasteiger partial charge is 0.175 e. The van der Waals surface area contributed by atoms with E-state index in [0.717, 1.165) is 21.6 Å². The van der Waals surface area contributed by atoms with E-state index in [-0.39, 0.29) is 6.67 Å². The molecule has 0 aliphatic rings. The molecule has 0 aliphatic carbocycles. The summed E-state index contributed by atoms with van der Waals surface area (Å²) in [7, 11) is 0. The third-order valence-corrected chi connectivity index (χ3v) is 3.51. The number of hydrogen-bond donors (Lipinski definition) is 0. The first-order chi connectivity index (χ1) is 9.22. The molecule has 0 unspecified atom stereocenters. The van der Waals surface area contributed by atoms with E-state index in [1.807, 2.05) is 37.3 Å². The Morgan fingerprint density at radius 2 is 2.05 bits per heavy atom. The number of aromatic nitrogens is 2. The third kappa shape index (κ3) is 3.56. The standard InChI is InChI=1S/C14H16BrFN2O/c1-11-13(14(15)18(17-11)9-5-8-16)19-10-12-6-3-2-4-7-12/h2-4,6-7H,5,8-10H2,1H3. The summed E-state index contributed by atoms with van der Waals surface area (Å²) in [5, 5.41) is 4.34. The quantitative estimate of drug-likeness (QED) is 0.805. The van der Waals surface area contributed by atoms with Gasteiger partial charge in [-0.05, 0) is 34.8 Å². The highest BCUT2D eigenvalue weighted by molar-refractivity contribution is 9.10. The Hall–Kier alpha value is -1.36. The molecule has 0 radical (unpaired) electrons. The summed E-state index contributed by atoms with van der Waals surface area (Å²) in [6.45, 7) is 2.59. The van der Waals surface area contributed by atoms with E-state index >= 15 is 0 Å². The van der Waals surface area contributed by atoms with Crippen molar-refractivity contribution < 1.29 is 9.13 Å².